The maximum atomic E-state index is 13.8. The largest absolute Gasteiger partial charge is 0.489 e. The molecule has 0 atom stereocenters. The van der Waals surface area contributed by atoms with Gasteiger partial charge in [0.2, 0.25) is 0 Å². The maximum absolute atomic E-state index is 13.8. The predicted octanol–water partition coefficient (Wildman–Crippen LogP) is 7.68. The summed E-state index contributed by atoms with van der Waals surface area (Å²) in [4.78, 5) is 57.6. The Morgan fingerprint density at radius 1 is 0.533 bits per heavy atom. The highest BCUT2D eigenvalue weighted by atomic mass is 16.5. The summed E-state index contributed by atoms with van der Waals surface area (Å²) in [6.07, 6.45) is 4.76. The number of ether oxygens (including phenoxy) is 1. The van der Waals surface area contributed by atoms with E-state index in [0.29, 0.717) is 51.5 Å². The number of carbonyl (C=O) groups excluding carboxylic acids is 4. The van der Waals surface area contributed by atoms with Crippen molar-refractivity contribution in [1.82, 2.24) is 0 Å². The molecular weight excluding hydrogens is 564 g/mol. The van der Waals surface area contributed by atoms with Gasteiger partial charge >= 0.3 is 0 Å². The van der Waals surface area contributed by atoms with Crippen LogP contribution in [0.5, 0.6) is 5.75 Å². The molecule has 7 nitrogen and oxygen atoms in total. The third kappa shape index (κ3) is 4.34. The van der Waals surface area contributed by atoms with Crippen LogP contribution in [0.15, 0.2) is 103 Å². The van der Waals surface area contributed by atoms with Crippen LogP contribution < -0.4 is 14.5 Å². The van der Waals surface area contributed by atoms with Crippen molar-refractivity contribution in [2.45, 2.75) is 38.2 Å². The van der Waals surface area contributed by atoms with Crippen molar-refractivity contribution >= 4 is 45.8 Å². The summed E-state index contributed by atoms with van der Waals surface area (Å²) >= 11 is 0. The highest BCUT2D eigenvalue weighted by molar-refractivity contribution is 6.42. The van der Waals surface area contributed by atoms with Gasteiger partial charge in [0.15, 0.2) is 0 Å². The van der Waals surface area contributed by atoms with E-state index in [1.165, 1.54) is 23.3 Å². The summed E-state index contributed by atoms with van der Waals surface area (Å²) in [7, 11) is 0. The minimum Gasteiger partial charge on any atom is -0.489 e. The van der Waals surface area contributed by atoms with Crippen molar-refractivity contribution in [2.24, 2.45) is 0 Å². The van der Waals surface area contributed by atoms with Crippen LogP contribution in [0, 0.1) is 0 Å². The van der Waals surface area contributed by atoms with Crippen LogP contribution in [0.1, 0.15) is 84.2 Å². The number of amides is 4. The van der Waals surface area contributed by atoms with Crippen molar-refractivity contribution in [3.63, 3.8) is 0 Å². The van der Waals surface area contributed by atoms with Gasteiger partial charge in [0.05, 0.1) is 11.4 Å². The fraction of sp³-hybridized carbons (Fsp3) is 0.158. The first-order valence-electron chi connectivity index (χ1n) is 15.2. The van der Waals surface area contributed by atoms with E-state index in [0.717, 1.165) is 23.3 Å². The third-order valence-corrected chi connectivity index (χ3v) is 9.22. The first-order chi connectivity index (χ1) is 22.0. The van der Waals surface area contributed by atoms with E-state index < -0.39 is 23.6 Å². The normalized spacial score (nSPS) is 16.2. The zero-order valence-electron chi connectivity index (χ0n) is 24.4. The smallest absolute Gasteiger partial charge is 0.265 e. The van der Waals surface area contributed by atoms with Crippen LogP contribution >= 0.6 is 0 Å². The zero-order chi connectivity index (χ0) is 30.7. The Bertz CT molecular complexity index is 1960. The standard InChI is InChI=1S/C38H28N2O5/c41-35-29-18-20-31-34-32(38(44)40(37(31)43)27-14-16-28(17-15-27)45-22-23-6-2-1-3-7-23)21-19-30(33(29)34)36(42)39(35)26-12-10-25(11-13-26)24-8-4-5-9-24/h1-3,6-7,10-21,24H,4-5,8-9,22H2. The van der Waals surface area contributed by atoms with E-state index in [2.05, 4.69) is 0 Å². The number of rotatable bonds is 6. The molecule has 5 aromatic carbocycles. The van der Waals surface area contributed by atoms with Gasteiger partial charge in [-0.15, -0.1) is 0 Å². The first kappa shape index (κ1) is 27.0. The summed E-state index contributed by atoms with van der Waals surface area (Å²) in [5.41, 5.74) is 4.27. The molecule has 0 radical (unpaired) electrons. The van der Waals surface area contributed by atoms with Crippen molar-refractivity contribution in [3.8, 4) is 5.75 Å². The second-order valence-corrected chi connectivity index (χ2v) is 11.8. The summed E-state index contributed by atoms with van der Waals surface area (Å²) in [6, 6.07) is 30.6. The molecule has 1 fully saturated rings. The molecule has 0 unspecified atom stereocenters. The number of carbonyl (C=O) groups is 4. The quantitative estimate of drug-likeness (QED) is 0.189. The Balaban J connectivity index is 1.11. The van der Waals surface area contributed by atoms with Gasteiger partial charge in [-0.2, -0.15) is 0 Å². The van der Waals surface area contributed by atoms with Crippen LogP contribution in [-0.4, -0.2) is 23.6 Å². The molecule has 45 heavy (non-hydrogen) atoms. The zero-order valence-corrected chi connectivity index (χ0v) is 24.4. The number of hydrogen-bond acceptors (Lipinski definition) is 5. The number of nitrogens with zero attached hydrogens (tertiary/aromatic N) is 2. The van der Waals surface area contributed by atoms with E-state index in [1.807, 2.05) is 54.6 Å². The Morgan fingerprint density at radius 3 is 1.44 bits per heavy atom. The fourth-order valence-electron chi connectivity index (χ4n) is 6.93. The monoisotopic (exact) mass is 592 g/mol. The molecule has 1 aliphatic carbocycles. The SMILES string of the molecule is O=C1c2ccc3c4c(ccc(c24)C(=O)N1c1ccc(OCc2ccccc2)cc1)C(=O)N(c1ccc(C2CCCC2)cc1)C3=O. The summed E-state index contributed by atoms with van der Waals surface area (Å²) in [5.74, 6) is -0.855. The lowest BCUT2D eigenvalue weighted by Crippen LogP contribution is -2.43. The molecule has 0 spiro atoms. The highest BCUT2D eigenvalue weighted by Gasteiger charge is 2.40. The molecule has 4 amide bonds. The van der Waals surface area contributed by atoms with E-state index in [4.69, 9.17) is 4.74 Å². The van der Waals surface area contributed by atoms with Gasteiger partial charge in [-0.25, -0.2) is 9.80 Å². The van der Waals surface area contributed by atoms with Gasteiger partial charge < -0.3 is 4.74 Å². The Labute approximate surface area is 259 Å². The van der Waals surface area contributed by atoms with Gasteiger partial charge in [-0.1, -0.05) is 55.3 Å². The van der Waals surface area contributed by atoms with Crippen molar-refractivity contribution in [1.29, 1.82) is 0 Å². The number of hydrogen-bond donors (Lipinski definition) is 0. The summed E-state index contributed by atoms with van der Waals surface area (Å²) in [6.45, 7) is 0.391. The average Bonchev–Trinajstić information content (AvgIpc) is 3.62. The molecule has 0 bridgehead atoms. The van der Waals surface area contributed by atoms with E-state index >= 15 is 0 Å². The van der Waals surface area contributed by atoms with Gasteiger partial charge in [0.25, 0.3) is 23.6 Å². The van der Waals surface area contributed by atoms with Crippen molar-refractivity contribution in [3.05, 3.63) is 137 Å². The maximum Gasteiger partial charge on any atom is 0.265 e. The van der Waals surface area contributed by atoms with Gasteiger partial charge in [-0.3, -0.25) is 19.2 Å². The van der Waals surface area contributed by atoms with Crippen molar-refractivity contribution in [2.75, 3.05) is 9.80 Å². The van der Waals surface area contributed by atoms with Crippen molar-refractivity contribution < 1.29 is 23.9 Å². The Hall–Kier alpha value is -5.56. The third-order valence-electron chi connectivity index (χ3n) is 9.22. The minimum atomic E-state index is -0.515. The lowest BCUT2D eigenvalue weighted by Gasteiger charge is -2.32. The van der Waals surface area contributed by atoms with Crippen LogP contribution in [0.3, 0.4) is 0 Å². The number of imide groups is 2. The number of benzene rings is 5. The second-order valence-electron chi connectivity index (χ2n) is 11.8. The fourth-order valence-corrected chi connectivity index (χ4v) is 6.93. The molecule has 220 valence electrons. The molecule has 0 saturated heterocycles. The second kappa shape index (κ2) is 10.6. The summed E-state index contributed by atoms with van der Waals surface area (Å²) in [5, 5.41) is 0.696. The average molecular weight is 593 g/mol. The van der Waals surface area contributed by atoms with Gasteiger partial charge in [-0.05, 0) is 90.6 Å². The van der Waals surface area contributed by atoms with Gasteiger partial charge in [0.1, 0.15) is 12.4 Å². The predicted molar refractivity (Wildman–Crippen MR) is 171 cm³/mol. The molecule has 5 aromatic rings. The highest BCUT2D eigenvalue weighted by Crippen LogP contribution is 2.41. The van der Waals surface area contributed by atoms with Crippen LogP contribution in [0.25, 0.3) is 10.8 Å². The Morgan fingerprint density at radius 2 is 0.978 bits per heavy atom. The molecular formula is C38H28N2O5. The minimum absolute atomic E-state index is 0.268. The molecule has 2 aliphatic heterocycles. The van der Waals surface area contributed by atoms with Crippen LogP contribution in [-0.2, 0) is 6.61 Å². The summed E-state index contributed by atoms with van der Waals surface area (Å²) < 4.78 is 5.87. The molecule has 0 N–H and O–H groups in total. The van der Waals surface area contributed by atoms with E-state index in [-0.39, 0.29) is 11.1 Å². The molecule has 3 aliphatic rings. The van der Waals surface area contributed by atoms with E-state index in [9.17, 15) is 19.2 Å². The van der Waals surface area contributed by atoms with Gasteiger partial charge in [0, 0.05) is 33.0 Å². The van der Waals surface area contributed by atoms with E-state index in [1.54, 1.807) is 48.5 Å². The molecule has 0 aromatic heterocycles. The Kier molecular flexibility index (Phi) is 6.34. The molecule has 1 saturated carbocycles. The first-order valence-corrected chi connectivity index (χ1v) is 15.2. The molecule has 7 heteroatoms. The molecule has 2 heterocycles. The lowest BCUT2D eigenvalue weighted by atomic mass is 9.85. The lowest BCUT2D eigenvalue weighted by molar-refractivity contribution is 0.0873. The van der Waals surface area contributed by atoms with Crippen LogP contribution in [0.4, 0.5) is 11.4 Å². The number of anilines is 2. The van der Waals surface area contributed by atoms with Crippen LogP contribution in [0.2, 0.25) is 0 Å². The molecule has 8 rings (SSSR count). The topological polar surface area (TPSA) is 84.0 Å².